The number of amides is 3. The Hall–Kier alpha value is -3.69. The van der Waals surface area contributed by atoms with Crippen LogP contribution in [0, 0.1) is 5.82 Å². The molecule has 6 nitrogen and oxygen atoms in total. The molecule has 0 spiro atoms. The summed E-state index contributed by atoms with van der Waals surface area (Å²) in [7, 11) is 0. The Kier molecular flexibility index (Phi) is 6.52. The number of fused-ring (bicyclic) bond motifs is 1. The van der Waals surface area contributed by atoms with Crippen LogP contribution in [0.1, 0.15) is 16.0 Å². The predicted molar refractivity (Wildman–Crippen MR) is 136 cm³/mol. The first-order valence-corrected chi connectivity index (χ1v) is 12.5. The lowest BCUT2D eigenvalue weighted by Crippen LogP contribution is -2.27. The topological polar surface area (TPSA) is 71.4 Å². The van der Waals surface area contributed by atoms with Crippen molar-refractivity contribution < 1.29 is 18.8 Å². The molecule has 0 atom stereocenters. The Morgan fingerprint density at radius 1 is 1.03 bits per heavy atom. The quantitative estimate of drug-likeness (QED) is 0.342. The van der Waals surface area contributed by atoms with Gasteiger partial charge >= 0.3 is 0 Å². The van der Waals surface area contributed by atoms with Crippen molar-refractivity contribution in [1.29, 1.82) is 0 Å². The summed E-state index contributed by atoms with van der Waals surface area (Å²) in [6.45, 7) is 0.685. The van der Waals surface area contributed by atoms with Crippen molar-refractivity contribution in [2.75, 3.05) is 0 Å². The standard InChI is InChI=1S/C26H20FN3O3S2/c27-19-9-7-17(8-10-19)14-30-25(32)23(35-26(30)33)12-18-15-29(22-6-2-1-5-21(18)22)16-24(31)28-13-20-4-3-11-34-20/h1-12,15H,13-14,16H2,(H,28,31)/b23-12-. The summed E-state index contributed by atoms with van der Waals surface area (Å²) < 4.78 is 15.0. The van der Waals surface area contributed by atoms with Crippen molar-refractivity contribution in [3.8, 4) is 0 Å². The monoisotopic (exact) mass is 505 g/mol. The number of imide groups is 1. The van der Waals surface area contributed by atoms with Crippen molar-refractivity contribution in [2.24, 2.45) is 0 Å². The summed E-state index contributed by atoms with van der Waals surface area (Å²) >= 11 is 2.46. The molecule has 1 fully saturated rings. The Bertz CT molecular complexity index is 1440. The number of carbonyl (C=O) groups excluding carboxylic acids is 3. The summed E-state index contributed by atoms with van der Waals surface area (Å²) in [6, 6.07) is 17.2. The maximum Gasteiger partial charge on any atom is 0.293 e. The average molecular weight is 506 g/mol. The minimum Gasteiger partial charge on any atom is -0.350 e. The van der Waals surface area contributed by atoms with E-state index in [1.165, 1.54) is 12.1 Å². The lowest BCUT2D eigenvalue weighted by molar-refractivity contribution is -0.123. The zero-order chi connectivity index (χ0) is 24.4. The van der Waals surface area contributed by atoms with Gasteiger partial charge < -0.3 is 9.88 Å². The zero-order valence-electron chi connectivity index (χ0n) is 18.4. The third-order valence-corrected chi connectivity index (χ3v) is 7.37. The molecule has 35 heavy (non-hydrogen) atoms. The van der Waals surface area contributed by atoms with Crippen LogP contribution in [-0.2, 0) is 29.2 Å². The van der Waals surface area contributed by atoms with Crippen LogP contribution in [0.2, 0.25) is 0 Å². The highest BCUT2D eigenvalue weighted by atomic mass is 32.2. The van der Waals surface area contributed by atoms with E-state index >= 15 is 0 Å². The Labute approximate surface area is 209 Å². The largest absolute Gasteiger partial charge is 0.350 e. The van der Waals surface area contributed by atoms with Crippen LogP contribution in [0.3, 0.4) is 0 Å². The highest BCUT2D eigenvalue weighted by Crippen LogP contribution is 2.35. The minimum atomic E-state index is -0.394. The third-order valence-electron chi connectivity index (χ3n) is 5.59. The van der Waals surface area contributed by atoms with Gasteiger partial charge in [0.2, 0.25) is 5.91 Å². The first-order chi connectivity index (χ1) is 17.0. The van der Waals surface area contributed by atoms with Crippen molar-refractivity contribution in [3.05, 3.63) is 99.0 Å². The van der Waals surface area contributed by atoms with Gasteiger partial charge in [0.25, 0.3) is 11.1 Å². The maximum atomic E-state index is 13.2. The first kappa shape index (κ1) is 23.1. The molecule has 2 aromatic carbocycles. The molecule has 1 aliphatic rings. The molecule has 1 saturated heterocycles. The summed E-state index contributed by atoms with van der Waals surface area (Å²) in [6.07, 6.45) is 3.52. The fraction of sp³-hybridized carbons (Fsp3) is 0.115. The van der Waals surface area contributed by atoms with Gasteiger partial charge in [-0.2, -0.15) is 0 Å². The third kappa shape index (κ3) is 5.06. The summed E-state index contributed by atoms with van der Waals surface area (Å²) in [5.41, 5.74) is 2.27. The second-order valence-corrected chi connectivity index (χ2v) is 10.0. The molecule has 4 aromatic rings. The fourth-order valence-corrected chi connectivity index (χ4v) is 5.35. The van der Waals surface area contributed by atoms with E-state index in [4.69, 9.17) is 0 Å². The van der Waals surface area contributed by atoms with E-state index in [1.54, 1.807) is 29.5 Å². The van der Waals surface area contributed by atoms with Gasteiger partial charge in [-0.05, 0) is 53.0 Å². The number of rotatable bonds is 7. The summed E-state index contributed by atoms with van der Waals surface area (Å²) in [5, 5.41) is 5.40. The number of benzene rings is 2. The number of hydrogen-bond donors (Lipinski definition) is 1. The van der Waals surface area contributed by atoms with Gasteiger partial charge in [0.15, 0.2) is 0 Å². The number of aromatic nitrogens is 1. The predicted octanol–water partition coefficient (Wildman–Crippen LogP) is 5.39. The van der Waals surface area contributed by atoms with Crippen molar-refractivity contribution in [3.63, 3.8) is 0 Å². The molecule has 1 aliphatic heterocycles. The number of hydrogen-bond acceptors (Lipinski definition) is 5. The number of thiophene rings is 1. The number of nitrogens with one attached hydrogen (secondary N) is 1. The molecule has 9 heteroatoms. The van der Waals surface area contributed by atoms with Crippen LogP contribution < -0.4 is 5.32 Å². The van der Waals surface area contributed by atoms with Crippen molar-refractivity contribution in [2.45, 2.75) is 19.6 Å². The highest BCUT2D eigenvalue weighted by Gasteiger charge is 2.35. The molecular formula is C26H20FN3O3S2. The van der Waals surface area contributed by atoms with E-state index in [9.17, 15) is 18.8 Å². The minimum absolute atomic E-state index is 0.0778. The van der Waals surface area contributed by atoms with Crippen LogP contribution >= 0.6 is 23.1 Å². The maximum absolute atomic E-state index is 13.2. The first-order valence-electron chi connectivity index (χ1n) is 10.8. The van der Waals surface area contributed by atoms with Gasteiger partial charge in [0.05, 0.1) is 18.0 Å². The lowest BCUT2D eigenvalue weighted by atomic mass is 10.1. The number of halogens is 1. The van der Waals surface area contributed by atoms with Crippen LogP contribution in [0.5, 0.6) is 0 Å². The molecule has 3 heterocycles. The zero-order valence-corrected chi connectivity index (χ0v) is 20.1. The molecule has 176 valence electrons. The van der Waals surface area contributed by atoms with Gasteiger partial charge in [-0.15, -0.1) is 11.3 Å². The number of carbonyl (C=O) groups is 3. The van der Waals surface area contributed by atoms with Gasteiger partial charge in [0, 0.05) is 27.5 Å². The molecule has 1 N–H and O–H groups in total. The van der Waals surface area contributed by atoms with E-state index in [0.717, 1.165) is 38.0 Å². The van der Waals surface area contributed by atoms with Crippen LogP contribution in [0.25, 0.3) is 17.0 Å². The number of para-hydroxylation sites is 1. The Morgan fingerprint density at radius 3 is 2.60 bits per heavy atom. The highest BCUT2D eigenvalue weighted by molar-refractivity contribution is 8.18. The van der Waals surface area contributed by atoms with Gasteiger partial charge in [0.1, 0.15) is 12.4 Å². The second kappa shape index (κ2) is 9.89. The van der Waals surface area contributed by atoms with Crippen LogP contribution in [0.4, 0.5) is 9.18 Å². The number of nitrogens with zero attached hydrogens (tertiary/aromatic N) is 2. The van der Waals surface area contributed by atoms with Gasteiger partial charge in [-0.1, -0.05) is 36.4 Å². The Morgan fingerprint density at radius 2 is 1.83 bits per heavy atom. The Balaban J connectivity index is 1.36. The second-order valence-electron chi connectivity index (χ2n) is 7.98. The summed E-state index contributed by atoms with van der Waals surface area (Å²) in [5.74, 6) is -0.889. The summed E-state index contributed by atoms with van der Waals surface area (Å²) in [4.78, 5) is 40.6. The van der Waals surface area contributed by atoms with E-state index in [2.05, 4.69) is 5.32 Å². The smallest absolute Gasteiger partial charge is 0.293 e. The molecule has 2 aromatic heterocycles. The van der Waals surface area contributed by atoms with Gasteiger partial charge in [-0.3, -0.25) is 19.3 Å². The fourth-order valence-electron chi connectivity index (χ4n) is 3.88. The molecule has 0 saturated carbocycles. The molecule has 0 aliphatic carbocycles. The molecule has 5 rings (SSSR count). The molecule has 3 amide bonds. The molecular weight excluding hydrogens is 485 g/mol. The lowest BCUT2D eigenvalue weighted by Gasteiger charge is -2.12. The van der Waals surface area contributed by atoms with E-state index in [1.807, 2.05) is 52.5 Å². The van der Waals surface area contributed by atoms with E-state index in [0.29, 0.717) is 17.0 Å². The van der Waals surface area contributed by atoms with Crippen LogP contribution in [-0.4, -0.2) is 26.5 Å². The van der Waals surface area contributed by atoms with E-state index < -0.39 is 5.91 Å². The van der Waals surface area contributed by atoms with Crippen molar-refractivity contribution in [1.82, 2.24) is 14.8 Å². The average Bonchev–Trinajstić information content (AvgIpc) is 3.56. The molecule has 0 radical (unpaired) electrons. The molecule has 0 bridgehead atoms. The van der Waals surface area contributed by atoms with Gasteiger partial charge in [-0.25, -0.2) is 4.39 Å². The normalized spacial score (nSPS) is 14.9. The van der Waals surface area contributed by atoms with E-state index in [-0.39, 0.29) is 30.1 Å². The van der Waals surface area contributed by atoms with Crippen molar-refractivity contribution >= 4 is 57.1 Å². The number of thioether (sulfide) groups is 1. The molecule has 0 unspecified atom stereocenters. The SMILES string of the molecule is O=C(Cn1cc(/C=C2\SC(=O)N(Cc3ccc(F)cc3)C2=O)c2ccccc21)NCc1cccs1. The van der Waals surface area contributed by atoms with Crippen LogP contribution in [0.15, 0.2) is 77.1 Å².